The second kappa shape index (κ2) is 8.64. The molecule has 2 aromatic heterocycles. The van der Waals surface area contributed by atoms with Crippen LogP contribution in [0.1, 0.15) is 73.7 Å². The Morgan fingerprint density at radius 1 is 1.04 bits per heavy atom. The summed E-state index contributed by atoms with van der Waals surface area (Å²) < 4.78 is 2.05. The van der Waals surface area contributed by atoms with Crippen LogP contribution in [0, 0.1) is 27.7 Å². The zero-order valence-corrected chi connectivity index (χ0v) is 19.1. The highest BCUT2D eigenvalue weighted by Crippen LogP contribution is 2.36. The van der Waals surface area contributed by atoms with Crippen molar-refractivity contribution in [3.63, 3.8) is 0 Å². The molecule has 0 fully saturated rings. The molecule has 150 valence electrons. The lowest BCUT2D eigenvalue weighted by molar-refractivity contribution is 0.559. The van der Waals surface area contributed by atoms with Crippen molar-refractivity contribution in [2.45, 2.75) is 78.2 Å². The van der Waals surface area contributed by atoms with E-state index in [4.69, 9.17) is 15.1 Å². The Bertz CT molecular complexity index is 967. The van der Waals surface area contributed by atoms with Crippen molar-refractivity contribution in [2.75, 3.05) is 6.26 Å². The van der Waals surface area contributed by atoms with Gasteiger partial charge in [-0.25, -0.2) is 14.6 Å². The zero-order chi connectivity index (χ0) is 20.4. The largest absolute Gasteiger partial charge is 0.237 e. The van der Waals surface area contributed by atoms with Gasteiger partial charge >= 0.3 is 0 Å². The second-order valence-electron chi connectivity index (χ2n) is 7.77. The summed E-state index contributed by atoms with van der Waals surface area (Å²) in [7, 11) is 0. The SMILES string of the molecule is CCCCC(CC)c1nc(C)nc2c1c(SC)nn2-c1c(C)cc(C)cc1C. The van der Waals surface area contributed by atoms with Gasteiger partial charge in [-0.3, -0.25) is 0 Å². The monoisotopic (exact) mass is 396 g/mol. The van der Waals surface area contributed by atoms with E-state index in [0.717, 1.165) is 34.0 Å². The van der Waals surface area contributed by atoms with Crippen LogP contribution in [-0.2, 0) is 0 Å². The van der Waals surface area contributed by atoms with E-state index < -0.39 is 0 Å². The number of unbranched alkanes of at least 4 members (excludes halogenated alkanes) is 1. The number of hydrogen-bond acceptors (Lipinski definition) is 4. The number of hydrogen-bond donors (Lipinski definition) is 0. The van der Waals surface area contributed by atoms with Gasteiger partial charge in [-0.05, 0) is 57.9 Å². The van der Waals surface area contributed by atoms with E-state index in [1.54, 1.807) is 11.8 Å². The average molecular weight is 397 g/mol. The molecular formula is C23H32N4S. The molecule has 0 saturated heterocycles. The topological polar surface area (TPSA) is 43.6 Å². The summed E-state index contributed by atoms with van der Waals surface area (Å²) >= 11 is 1.69. The van der Waals surface area contributed by atoms with E-state index in [9.17, 15) is 0 Å². The zero-order valence-electron chi connectivity index (χ0n) is 18.3. The first kappa shape index (κ1) is 20.8. The molecule has 5 heteroatoms. The molecule has 0 aliphatic carbocycles. The number of aryl methyl sites for hydroxylation is 4. The summed E-state index contributed by atoms with van der Waals surface area (Å²) in [6.45, 7) is 13.0. The van der Waals surface area contributed by atoms with Crippen LogP contribution in [0.15, 0.2) is 17.2 Å². The third kappa shape index (κ3) is 3.82. The van der Waals surface area contributed by atoms with Gasteiger partial charge in [0.15, 0.2) is 5.65 Å². The standard InChI is InChI=1S/C23H32N4S/c1-8-10-11-18(9-2)20-19-22(25-17(6)24-20)27(26-23(19)28-7)21-15(4)12-14(3)13-16(21)5/h12-13,18H,8-11H2,1-7H3. The number of fused-ring (bicyclic) bond motifs is 1. The Labute approximate surface area is 173 Å². The van der Waals surface area contributed by atoms with Gasteiger partial charge in [-0.15, -0.1) is 11.8 Å². The van der Waals surface area contributed by atoms with Crippen LogP contribution in [-0.4, -0.2) is 26.0 Å². The molecule has 0 spiro atoms. The predicted molar refractivity (Wildman–Crippen MR) is 120 cm³/mol. The quantitative estimate of drug-likeness (QED) is 0.430. The molecular weight excluding hydrogens is 364 g/mol. The number of nitrogens with zero attached hydrogens (tertiary/aromatic N) is 4. The van der Waals surface area contributed by atoms with Crippen LogP contribution in [0.3, 0.4) is 0 Å². The smallest absolute Gasteiger partial charge is 0.168 e. The molecule has 0 radical (unpaired) electrons. The Morgan fingerprint density at radius 2 is 1.71 bits per heavy atom. The maximum absolute atomic E-state index is 5.01. The minimum Gasteiger partial charge on any atom is -0.237 e. The van der Waals surface area contributed by atoms with Crippen LogP contribution in [0.4, 0.5) is 0 Å². The summed E-state index contributed by atoms with van der Waals surface area (Å²) in [5.74, 6) is 1.28. The van der Waals surface area contributed by atoms with Crippen molar-refractivity contribution in [3.8, 4) is 5.69 Å². The molecule has 1 unspecified atom stereocenters. The van der Waals surface area contributed by atoms with E-state index in [0.29, 0.717) is 5.92 Å². The number of benzene rings is 1. The minimum atomic E-state index is 0.452. The maximum atomic E-state index is 5.01. The van der Waals surface area contributed by atoms with E-state index in [1.165, 1.54) is 41.6 Å². The van der Waals surface area contributed by atoms with Crippen LogP contribution in [0.25, 0.3) is 16.7 Å². The van der Waals surface area contributed by atoms with E-state index in [2.05, 4.69) is 57.7 Å². The highest BCUT2D eigenvalue weighted by atomic mass is 32.2. The van der Waals surface area contributed by atoms with Crippen LogP contribution >= 0.6 is 11.8 Å². The van der Waals surface area contributed by atoms with Crippen molar-refractivity contribution in [3.05, 3.63) is 40.3 Å². The van der Waals surface area contributed by atoms with Crippen LogP contribution in [0.5, 0.6) is 0 Å². The van der Waals surface area contributed by atoms with E-state index in [-0.39, 0.29) is 0 Å². The fourth-order valence-corrected chi connectivity index (χ4v) is 4.77. The molecule has 4 nitrogen and oxygen atoms in total. The first-order chi connectivity index (χ1) is 13.4. The van der Waals surface area contributed by atoms with E-state index >= 15 is 0 Å². The highest BCUT2D eigenvalue weighted by Gasteiger charge is 2.24. The first-order valence-electron chi connectivity index (χ1n) is 10.3. The van der Waals surface area contributed by atoms with Gasteiger partial charge in [0.2, 0.25) is 0 Å². The summed E-state index contributed by atoms with van der Waals surface area (Å²) in [4.78, 5) is 9.78. The minimum absolute atomic E-state index is 0.452. The summed E-state index contributed by atoms with van der Waals surface area (Å²) in [5, 5.41) is 7.17. The summed E-state index contributed by atoms with van der Waals surface area (Å²) in [6.07, 6.45) is 6.78. The lowest BCUT2D eigenvalue weighted by Gasteiger charge is -2.16. The average Bonchev–Trinajstić information content (AvgIpc) is 2.99. The van der Waals surface area contributed by atoms with Gasteiger partial charge in [0.25, 0.3) is 0 Å². The third-order valence-electron chi connectivity index (χ3n) is 5.46. The van der Waals surface area contributed by atoms with Gasteiger partial charge in [0, 0.05) is 5.92 Å². The molecule has 0 amide bonds. The van der Waals surface area contributed by atoms with Crippen molar-refractivity contribution in [2.24, 2.45) is 0 Å². The molecule has 3 rings (SSSR count). The molecule has 0 bridgehead atoms. The third-order valence-corrected chi connectivity index (χ3v) is 6.13. The number of aromatic nitrogens is 4. The summed E-state index contributed by atoms with van der Waals surface area (Å²) in [5.41, 5.74) is 6.99. The Hall–Kier alpha value is -1.88. The van der Waals surface area contributed by atoms with Crippen LogP contribution < -0.4 is 0 Å². The molecule has 0 saturated carbocycles. The van der Waals surface area contributed by atoms with Crippen molar-refractivity contribution in [1.82, 2.24) is 19.7 Å². The summed E-state index contributed by atoms with van der Waals surface area (Å²) in [6, 6.07) is 4.44. The Kier molecular flexibility index (Phi) is 6.43. The lowest BCUT2D eigenvalue weighted by atomic mass is 9.94. The normalized spacial score (nSPS) is 12.7. The molecule has 1 aromatic carbocycles. The highest BCUT2D eigenvalue weighted by molar-refractivity contribution is 7.98. The number of thioether (sulfide) groups is 1. The maximum Gasteiger partial charge on any atom is 0.168 e. The van der Waals surface area contributed by atoms with Crippen molar-refractivity contribution < 1.29 is 0 Å². The second-order valence-corrected chi connectivity index (χ2v) is 8.57. The fraction of sp³-hybridized carbons (Fsp3) is 0.522. The van der Waals surface area contributed by atoms with Gasteiger partial charge in [-0.1, -0.05) is 44.4 Å². The molecule has 3 aromatic rings. The van der Waals surface area contributed by atoms with Crippen LogP contribution in [0.2, 0.25) is 0 Å². The van der Waals surface area contributed by atoms with Gasteiger partial charge in [0.1, 0.15) is 10.9 Å². The molecule has 1 atom stereocenters. The van der Waals surface area contributed by atoms with Crippen molar-refractivity contribution in [1.29, 1.82) is 0 Å². The lowest BCUT2D eigenvalue weighted by Crippen LogP contribution is -2.07. The molecule has 28 heavy (non-hydrogen) atoms. The Morgan fingerprint density at radius 3 is 2.29 bits per heavy atom. The van der Waals surface area contributed by atoms with Gasteiger partial charge in [-0.2, -0.15) is 5.10 Å². The first-order valence-corrected chi connectivity index (χ1v) is 11.5. The molecule has 0 aliphatic rings. The van der Waals surface area contributed by atoms with Gasteiger partial charge in [0.05, 0.1) is 16.8 Å². The van der Waals surface area contributed by atoms with Gasteiger partial charge < -0.3 is 0 Å². The Balaban J connectivity index is 2.31. The molecule has 0 aliphatic heterocycles. The number of rotatable bonds is 7. The fourth-order valence-electron chi connectivity index (χ4n) is 4.21. The van der Waals surface area contributed by atoms with Crippen molar-refractivity contribution >= 4 is 22.8 Å². The predicted octanol–water partition coefficient (Wildman–Crippen LogP) is 6.45. The molecule has 0 N–H and O–H groups in total. The van der Waals surface area contributed by atoms with E-state index in [1.807, 2.05) is 6.92 Å². The molecule has 2 heterocycles.